The van der Waals surface area contributed by atoms with Gasteiger partial charge in [0.25, 0.3) is 0 Å². The fraction of sp³-hybridized carbons (Fsp3) is 0.167. The molecule has 1 aliphatic rings. The van der Waals surface area contributed by atoms with E-state index in [9.17, 15) is 9.59 Å². The molecule has 6 nitrogen and oxygen atoms in total. The molecule has 0 aliphatic carbocycles. The van der Waals surface area contributed by atoms with Gasteiger partial charge in [-0.15, -0.1) is 0 Å². The Morgan fingerprint density at radius 3 is 2.23 bits per heavy atom. The number of methoxy groups -OCH3 is 1. The molecule has 152 valence electrons. The van der Waals surface area contributed by atoms with Crippen molar-refractivity contribution in [2.75, 3.05) is 26.0 Å². The van der Waals surface area contributed by atoms with Crippen LogP contribution in [0.15, 0.2) is 72.8 Å². The Labute approximate surface area is 175 Å². The molecule has 3 aromatic rings. The van der Waals surface area contributed by atoms with Crippen LogP contribution in [0.2, 0.25) is 0 Å². The van der Waals surface area contributed by atoms with Gasteiger partial charge in [0.1, 0.15) is 17.2 Å². The lowest BCUT2D eigenvalue weighted by Gasteiger charge is -2.30. The topological polar surface area (TPSA) is 67.9 Å². The fourth-order valence-electron chi connectivity index (χ4n) is 3.59. The van der Waals surface area contributed by atoms with E-state index in [4.69, 9.17) is 9.47 Å². The van der Waals surface area contributed by atoms with E-state index in [2.05, 4.69) is 5.32 Å². The van der Waals surface area contributed by atoms with Gasteiger partial charge in [0.05, 0.1) is 19.6 Å². The zero-order chi connectivity index (χ0) is 21.1. The van der Waals surface area contributed by atoms with Gasteiger partial charge in [-0.05, 0) is 24.3 Å². The van der Waals surface area contributed by atoms with E-state index >= 15 is 0 Å². The van der Waals surface area contributed by atoms with E-state index in [0.29, 0.717) is 22.9 Å². The maximum absolute atomic E-state index is 13.4. The fourth-order valence-corrected chi connectivity index (χ4v) is 3.59. The predicted molar refractivity (Wildman–Crippen MR) is 114 cm³/mol. The molecule has 0 radical (unpaired) electrons. The predicted octanol–water partition coefficient (Wildman–Crippen LogP) is 4.03. The van der Waals surface area contributed by atoms with E-state index in [0.717, 1.165) is 11.1 Å². The summed E-state index contributed by atoms with van der Waals surface area (Å²) in [5.74, 6) is 0.979. The summed E-state index contributed by atoms with van der Waals surface area (Å²) < 4.78 is 11.1. The van der Waals surface area contributed by atoms with Crippen LogP contribution in [-0.4, -0.2) is 37.4 Å². The first-order valence-electron chi connectivity index (χ1n) is 9.61. The number of rotatable bonds is 5. The Morgan fingerprint density at radius 1 is 0.967 bits per heavy atom. The molecule has 0 unspecified atom stereocenters. The highest BCUT2D eigenvalue weighted by Gasteiger charge is 2.34. The van der Waals surface area contributed by atoms with Gasteiger partial charge in [-0.2, -0.15) is 0 Å². The number of carbonyl (C=O) groups excluding carboxylic acids is 2. The number of nitrogens with one attached hydrogen (secondary N) is 1. The largest absolute Gasteiger partial charge is 0.497 e. The third-order valence-corrected chi connectivity index (χ3v) is 5.04. The van der Waals surface area contributed by atoms with Gasteiger partial charge in [-0.25, -0.2) is 0 Å². The minimum Gasteiger partial charge on any atom is -0.497 e. The van der Waals surface area contributed by atoms with Gasteiger partial charge in [0.2, 0.25) is 11.8 Å². The smallest absolute Gasteiger partial charge is 0.243 e. The van der Waals surface area contributed by atoms with Gasteiger partial charge in [0, 0.05) is 29.9 Å². The molecule has 0 saturated heterocycles. The number of nitrogens with zero attached hydrogens (tertiary/aromatic N) is 1. The van der Waals surface area contributed by atoms with E-state index in [1.54, 1.807) is 38.4 Å². The molecule has 3 aromatic carbocycles. The van der Waals surface area contributed by atoms with Crippen molar-refractivity contribution in [2.45, 2.75) is 5.92 Å². The normalized spacial score (nSPS) is 12.2. The summed E-state index contributed by atoms with van der Waals surface area (Å²) in [6.45, 7) is -0.0717. The minimum absolute atomic E-state index is 0.0717. The summed E-state index contributed by atoms with van der Waals surface area (Å²) in [5.41, 5.74) is 2.20. The molecule has 1 aliphatic heterocycles. The van der Waals surface area contributed by atoms with Crippen LogP contribution in [0.25, 0.3) is 0 Å². The molecule has 0 saturated carbocycles. The van der Waals surface area contributed by atoms with Gasteiger partial charge < -0.3 is 19.7 Å². The van der Waals surface area contributed by atoms with Gasteiger partial charge >= 0.3 is 0 Å². The van der Waals surface area contributed by atoms with Crippen LogP contribution in [0.1, 0.15) is 17.0 Å². The van der Waals surface area contributed by atoms with E-state index in [1.165, 1.54) is 4.90 Å². The number of likely N-dealkylation sites (N-methyl/N-ethyl adjacent to an activating group) is 1. The number of benzene rings is 3. The average molecular weight is 402 g/mol. The third kappa shape index (κ3) is 3.85. The van der Waals surface area contributed by atoms with Crippen molar-refractivity contribution in [2.24, 2.45) is 0 Å². The van der Waals surface area contributed by atoms with Crippen molar-refractivity contribution < 1.29 is 19.1 Å². The molecule has 6 heteroatoms. The SMILES string of the molecule is COc1cccc(NC(=O)CN(C)C(=O)C2c3ccccc3Oc3ccccc32)c1. The highest BCUT2D eigenvalue weighted by Crippen LogP contribution is 2.44. The molecule has 0 bridgehead atoms. The van der Waals surface area contributed by atoms with Crippen LogP contribution in [0.4, 0.5) is 5.69 Å². The van der Waals surface area contributed by atoms with Crippen molar-refractivity contribution in [1.29, 1.82) is 0 Å². The van der Waals surface area contributed by atoms with Crippen molar-refractivity contribution in [3.05, 3.63) is 83.9 Å². The first-order valence-corrected chi connectivity index (χ1v) is 9.61. The number of anilines is 1. The summed E-state index contributed by atoms with van der Waals surface area (Å²) in [6, 6.07) is 22.1. The molecule has 0 spiro atoms. The first kappa shape index (κ1) is 19.5. The van der Waals surface area contributed by atoms with Gasteiger partial charge in [0.15, 0.2) is 0 Å². The zero-order valence-corrected chi connectivity index (χ0v) is 16.8. The highest BCUT2D eigenvalue weighted by atomic mass is 16.5. The van der Waals surface area contributed by atoms with Crippen LogP contribution in [0.5, 0.6) is 17.2 Å². The Bertz CT molecular complexity index is 1050. The standard InChI is InChI=1S/C24H22N2O4/c1-26(15-22(27)25-16-8-7-9-17(14-16)29-2)24(28)23-18-10-3-5-12-20(18)30-21-13-6-4-11-19(21)23/h3-14,23H,15H2,1-2H3,(H,25,27). The average Bonchev–Trinajstić information content (AvgIpc) is 2.77. The van der Waals surface area contributed by atoms with Crippen LogP contribution in [-0.2, 0) is 9.59 Å². The van der Waals surface area contributed by atoms with Crippen molar-refractivity contribution in [1.82, 2.24) is 4.90 Å². The number of fused-ring (bicyclic) bond motifs is 2. The van der Waals surface area contributed by atoms with Gasteiger partial charge in [-0.1, -0.05) is 42.5 Å². The molecule has 0 fully saturated rings. The molecule has 1 heterocycles. The number of hydrogen-bond acceptors (Lipinski definition) is 4. The minimum atomic E-state index is -0.527. The molecule has 2 amide bonds. The monoisotopic (exact) mass is 402 g/mol. The Balaban J connectivity index is 1.53. The number of para-hydroxylation sites is 2. The number of ether oxygens (including phenoxy) is 2. The van der Waals surface area contributed by atoms with Crippen LogP contribution in [0, 0.1) is 0 Å². The first-order chi connectivity index (χ1) is 14.6. The molecule has 4 rings (SSSR count). The summed E-state index contributed by atoms with van der Waals surface area (Å²) in [7, 11) is 3.20. The summed E-state index contributed by atoms with van der Waals surface area (Å²) in [6.07, 6.45) is 0. The summed E-state index contributed by atoms with van der Waals surface area (Å²) >= 11 is 0. The molecular formula is C24H22N2O4. The maximum atomic E-state index is 13.4. The highest BCUT2D eigenvalue weighted by molar-refractivity contribution is 5.97. The zero-order valence-electron chi connectivity index (χ0n) is 16.8. The van der Waals surface area contributed by atoms with Crippen LogP contribution in [0.3, 0.4) is 0 Å². The van der Waals surface area contributed by atoms with Crippen LogP contribution >= 0.6 is 0 Å². The Morgan fingerprint density at radius 2 is 1.60 bits per heavy atom. The lowest BCUT2D eigenvalue weighted by atomic mass is 9.87. The van der Waals surface area contributed by atoms with Crippen LogP contribution < -0.4 is 14.8 Å². The second kappa shape index (κ2) is 8.29. The summed E-state index contributed by atoms with van der Waals surface area (Å²) in [5, 5.41) is 2.81. The van der Waals surface area contributed by atoms with E-state index in [1.807, 2.05) is 48.5 Å². The maximum Gasteiger partial charge on any atom is 0.243 e. The molecular weight excluding hydrogens is 380 g/mol. The quantitative estimate of drug-likeness (QED) is 0.700. The number of hydrogen-bond donors (Lipinski definition) is 1. The van der Waals surface area contributed by atoms with Crippen molar-refractivity contribution in [3.8, 4) is 17.2 Å². The summed E-state index contributed by atoms with van der Waals surface area (Å²) in [4.78, 5) is 27.4. The Kier molecular flexibility index (Phi) is 5.39. The third-order valence-electron chi connectivity index (χ3n) is 5.04. The lowest BCUT2D eigenvalue weighted by molar-refractivity contribution is -0.134. The lowest BCUT2D eigenvalue weighted by Crippen LogP contribution is -2.38. The molecule has 30 heavy (non-hydrogen) atoms. The Hall–Kier alpha value is -3.80. The number of carbonyl (C=O) groups is 2. The molecule has 1 N–H and O–H groups in total. The van der Waals surface area contributed by atoms with Gasteiger partial charge in [-0.3, -0.25) is 9.59 Å². The molecule has 0 atom stereocenters. The number of amides is 2. The van der Waals surface area contributed by atoms with E-state index < -0.39 is 5.92 Å². The molecule has 0 aromatic heterocycles. The van der Waals surface area contributed by atoms with Crippen molar-refractivity contribution >= 4 is 17.5 Å². The second-order valence-electron chi connectivity index (χ2n) is 7.09. The second-order valence-corrected chi connectivity index (χ2v) is 7.09. The van der Waals surface area contributed by atoms with E-state index in [-0.39, 0.29) is 18.4 Å². The van der Waals surface area contributed by atoms with Crippen molar-refractivity contribution in [3.63, 3.8) is 0 Å².